The van der Waals surface area contributed by atoms with Gasteiger partial charge in [0, 0.05) is 25.0 Å². The molecule has 0 aromatic carbocycles. The minimum absolute atomic E-state index is 0.337. The second-order valence-electron chi connectivity index (χ2n) is 5.54. The van der Waals surface area contributed by atoms with E-state index < -0.39 is 10.0 Å². The van der Waals surface area contributed by atoms with Crippen LogP contribution in [0.3, 0.4) is 0 Å². The minimum atomic E-state index is -3.37. The van der Waals surface area contributed by atoms with Crippen molar-refractivity contribution in [2.24, 2.45) is 5.92 Å². The van der Waals surface area contributed by atoms with Gasteiger partial charge in [0.15, 0.2) is 0 Å². The summed E-state index contributed by atoms with van der Waals surface area (Å²) in [6.07, 6.45) is 7.37. The van der Waals surface area contributed by atoms with Crippen LogP contribution in [-0.4, -0.2) is 26.5 Å². The quantitative estimate of drug-likeness (QED) is 0.643. The fourth-order valence-electron chi connectivity index (χ4n) is 2.60. The zero-order valence-corrected chi connectivity index (χ0v) is 12.9. The molecule has 5 nitrogen and oxygen atoms in total. The summed E-state index contributed by atoms with van der Waals surface area (Å²) in [7, 11) is -3.37. The first-order chi connectivity index (χ1) is 9.62. The van der Waals surface area contributed by atoms with Gasteiger partial charge in [0.25, 0.3) is 0 Å². The van der Waals surface area contributed by atoms with Gasteiger partial charge in [-0.2, -0.15) is 0 Å². The Morgan fingerprint density at radius 2 is 2.10 bits per heavy atom. The highest BCUT2D eigenvalue weighted by Crippen LogP contribution is 2.24. The molecule has 1 fully saturated rings. The van der Waals surface area contributed by atoms with Gasteiger partial charge in [-0.1, -0.05) is 19.8 Å². The van der Waals surface area contributed by atoms with E-state index in [1.807, 2.05) is 0 Å². The second-order valence-corrected chi connectivity index (χ2v) is 7.31. The summed E-state index contributed by atoms with van der Waals surface area (Å²) in [5.41, 5.74) is 0.902. The first-order valence-electron chi connectivity index (χ1n) is 7.49. The standard InChI is InChI=1S/C14H25N3O2S/c1-2-7-15-10-13-8-14(11-16-13)20(18,19)17-9-12-5-3-4-6-12/h8,11-12,15-17H,2-7,9-10H2,1H3. The summed E-state index contributed by atoms with van der Waals surface area (Å²) in [4.78, 5) is 3.35. The molecule has 3 N–H and O–H groups in total. The lowest BCUT2D eigenvalue weighted by molar-refractivity contribution is 0.519. The van der Waals surface area contributed by atoms with Crippen molar-refractivity contribution >= 4 is 10.0 Å². The number of aromatic nitrogens is 1. The van der Waals surface area contributed by atoms with Crippen molar-refractivity contribution in [2.45, 2.75) is 50.5 Å². The summed E-state index contributed by atoms with van der Waals surface area (Å²) in [5.74, 6) is 0.509. The number of hydrogen-bond donors (Lipinski definition) is 3. The van der Waals surface area contributed by atoms with E-state index in [1.54, 1.807) is 12.3 Å². The molecule has 0 aliphatic heterocycles. The Labute approximate surface area is 121 Å². The van der Waals surface area contributed by atoms with Crippen LogP contribution in [0.5, 0.6) is 0 Å². The van der Waals surface area contributed by atoms with Gasteiger partial charge in [0.05, 0.1) is 4.90 Å². The maximum Gasteiger partial charge on any atom is 0.242 e. The summed E-state index contributed by atoms with van der Waals surface area (Å²) in [6.45, 7) is 4.27. The van der Waals surface area contributed by atoms with Gasteiger partial charge in [0.1, 0.15) is 0 Å². The number of hydrogen-bond acceptors (Lipinski definition) is 3. The zero-order valence-electron chi connectivity index (χ0n) is 12.1. The van der Waals surface area contributed by atoms with Crippen molar-refractivity contribution in [2.75, 3.05) is 13.1 Å². The topological polar surface area (TPSA) is 74.0 Å². The third-order valence-corrected chi connectivity index (χ3v) is 5.21. The molecule has 0 spiro atoms. The van der Waals surface area contributed by atoms with E-state index in [0.29, 0.717) is 23.9 Å². The lowest BCUT2D eigenvalue weighted by atomic mass is 10.1. The molecule has 0 atom stereocenters. The molecular weight excluding hydrogens is 274 g/mol. The van der Waals surface area contributed by atoms with Crippen molar-refractivity contribution in [1.29, 1.82) is 0 Å². The lowest BCUT2D eigenvalue weighted by Crippen LogP contribution is -2.28. The van der Waals surface area contributed by atoms with Gasteiger partial charge in [-0.05, 0) is 37.8 Å². The van der Waals surface area contributed by atoms with Gasteiger partial charge >= 0.3 is 0 Å². The lowest BCUT2D eigenvalue weighted by Gasteiger charge is -2.10. The normalized spacial score (nSPS) is 16.9. The molecule has 0 unspecified atom stereocenters. The van der Waals surface area contributed by atoms with Crippen molar-refractivity contribution < 1.29 is 8.42 Å². The first-order valence-corrected chi connectivity index (χ1v) is 8.98. The van der Waals surface area contributed by atoms with Gasteiger partial charge in [-0.3, -0.25) is 0 Å². The summed E-state index contributed by atoms with van der Waals surface area (Å²) in [6, 6.07) is 1.71. The molecule has 1 heterocycles. The number of aromatic amines is 1. The van der Waals surface area contributed by atoms with Crippen LogP contribution in [0.25, 0.3) is 0 Å². The van der Waals surface area contributed by atoms with E-state index in [-0.39, 0.29) is 0 Å². The van der Waals surface area contributed by atoms with Gasteiger partial charge in [0.2, 0.25) is 10.0 Å². The zero-order chi connectivity index (χ0) is 14.4. The fourth-order valence-corrected chi connectivity index (χ4v) is 3.73. The monoisotopic (exact) mass is 299 g/mol. The molecule has 0 saturated heterocycles. The molecule has 2 rings (SSSR count). The smallest absolute Gasteiger partial charge is 0.242 e. The van der Waals surface area contributed by atoms with E-state index >= 15 is 0 Å². The Morgan fingerprint density at radius 1 is 1.35 bits per heavy atom. The molecule has 1 aliphatic rings. The highest BCUT2D eigenvalue weighted by atomic mass is 32.2. The SMILES string of the molecule is CCCNCc1cc(S(=O)(=O)NCC2CCCC2)c[nH]1. The van der Waals surface area contributed by atoms with E-state index in [9.17, 15) is 8.42 Å². The Kier molecular flexibility index (Phi) is 5.63. The van der Waals surface area contributed by atoms with Crippen LogP contribution in [0, 0.1) is 5.92 Å². The van der Waals surface area contributed by atoms with Crippen molar-refractivity contribution in [3.05, 3.63) is 18.0 Å². The van der Waals surface area contributed by atoms with Gasteiger partial charge < -0.3 is 10.3 Å². The van der Waals surface area contributed by atoms with Crippen LogP contribution in [0.4, 0.5) is 0 Å². The Hall–Kier alpha value is -0.850. The number of rotatable bonds is 8. The van der Waals surface area contributed by atoms with Crippen LogP contribution in [0.1, 0.15) is 44.7 Å². The van der Waals surface area contributed by atoms with Crippen molar-refractivity contribution in [1.82, 2.24) is 15.0 Å². The average Bonchev–Trinajstić information content (AvgIpc) is 3.08. The largest absolute Gasteiger partial charge is 0.363 e. The minimum Gasteiger partial charge on any atom is -0.363 e. The van der Waals surface area contributed by atoms with Gasteiger partial charge in [-0.25, -0.2) is 13.1 Å². The molecule has 6 heteroatoms. The van der Waals surface area contributed by atoms with Crippen LogP contribution in [-0.2, 0) is 16.6 Å². The molecule has 114 valence electrons. The molecule has 0 radical (unpaired) electrons. The highest BCUT2D eigenvalue weighted by Gasteiger charge is 2.20. The Bertz CT molecular complexity index is 504. The molecule has 1 aromatic heterocycles. The molecular formula is C14H25N3O2S. The summed E-state index contributed by atoms with van der Waals surface area (Å²) in [5, 5.41) is 3.25. The van der Waals surface area contributed by atoms with Gasteiger partial charge in [-0.15, -0.1) is 0 Å². The second kappa shape index (κ2) is 7.24. The van der Waals surface area contributed by atoms with E-state index in [1.165, 1.54) is 12.8 Å². The fraction of sp³-hybridized carbons (Fsp3) is 0.714. The van der Waals surface area contributed by atoms with Crippen LogP contribution >= 0.6 is 0 Å². The predicted octanol–water partition coefficient (Wildman–Crippen LogP) is 1.98. The summed E-state index contributed by atoms with van der Waals surface area (Å²) >= 11 is 0. The Morgan fingerprint density at radius 3 is 2.80 bits per heavy atom. The van der Waals surface area contributed by atoms with E-state index in [4.69, 9.17) is 0 Å². The highest BCUT2D eigenvalue weighted by molar-refractivity contribution is 7.89. The maximum absolute atomic E-state index is 12.2. The molecule has 0 amide bonds. The van der Waals surface area contributed by atoms with Crippen LogP contribution in [0.2, 0.25) is 0 Å². The van der Waals surface area contributed by atoms with E-state index in [2.05, 4.69) is 21.9 Å². The van der Waals surface area contributed by atoms with Crippen LogP contribution in [0.15, 0.2) is 17.2 Å². The average molecular weight is 299 g/mol. The number of sulfonamides is 1. The molecule has 20 heavy (non-hydrogen) atoms. The number of nitrogens with one attached hydrogen (secondary N) is 3. The molecule has 1 aliphatic carbocycles. The maximum atomic E-state index is 12.2. The van der Waals surface area contributed by atoms with Crippen LogP contribution < -0.4 is 10.0 Å². The predicted molar refractivity (Wildman–Crippen MR) is 79.9 cm³/mol. The van der Waals surface area contributed by atoms with Crippen molar-refractivity contribution in [3.8, 4) is 0 Å². The summed E-state index contributed by atoms with van der Waals surface area (Å²) < 4.78 is 27.1. The first kappa shape index (κ1) is 15.5. The van der Waals surface area contributed by atoms with E-state index in [0.717, 1.165) is 31.5 Å². The molecule has 1 saturated carbocycles. The Balaban J connectivity index is 1.88. The molecule has 0 bridgehead atoms. The van der Waals surface area contributed by atoms with Crippen molar-refractivity contribution in [3.63, 3.8) is 0 Å². The third kappa shape index (κ3) is 4.33. The molecule has 1 aromatic rings. The third-order valence-electron chi connectivity index (χ3n) is 3.81. The number of H-pyrrole nitrogens is 1.